The van der Waals surface area contributed by atoms with Gasteiger partial charge in [-0.1, -0.05) is 40.8 Å². The molecule has 0 aliphatic heterocycles. The predicted octanol–water partition coefficient (Wildman–Crippen LogP) is 4.14. The van der Waals surface area contributed by atoms with Crippen LogP contribution in [0.3, 0.4) is 0 Å². The van der Waals surface area contributed by atoms with Crippen LogP contribution in [0.1, 0.15) is 25.3 Å². The number of thioether (sulfide) groups is 1. The Morgan fingerprint density at radius 1 is 1.50 bits per heavy atom. The van der Waals surface area contributed by atoms with Crippen molar-refractivity contribution in [2.24, 2.45) is 5.92 Å². The Labute approximate surface area is 165 Å². The lowest BCUT2D eigenvalue weighted by Gasteiger charge is -2.22. The van der Waals surface area contributed by atoms with Gasteiger partial charge in [-0.25, -0.2) is 0 Å². The number of benzene rings is 1. The molecule has 1 aromatic carbocycles. The van der Waals surface area contributed by atoms with Crippen molar-refractivity contribution in [3.8, 4) is 6.07 Å². The zero-order chi connectivity index (χ0) is 18.7. The van der Waals surface area contributed by atoms with Crippen LogP contribution in [0, 0.1) is 24.2 Å². The zero-order valence-electron chi connectivity index (χ0n) is 14.4. The minimum absolute atomic E-state index is 0.165. The van der Waals surface area contributed by atoms with Crippen LogP contribution in [-0.2, 0) is 4.79 Å². The first kappa shape index (κ1) is 19.0. The Morgan fingerprint density at radius 2 is 2.27 bits per heavy atom. The SMILES string of the molecule is Cc1c(Cl)cccc1Nc1nnc(SCC(=O)NC(C)(C#N)C2CC2)s1. The lowest BCUT2D eigenvalue weighted by atomic mass is 9.98. The largest absolute Gasteiger partial charge is 0.337 e. The maximum atomic E-state index is 12.1. The minimum Gasteiger partial charge on any atom is -0.337 e. The molecule has 0 radical (unpaired) electrons. The Hall–Kier alpha value is -1.82. The van der Waals surface area contributed by atoms with E-state index in [-0.39, 0.29) is 17.6 Å². The van der Waals surface area contributed by atoms with Crippen molar-refractivity contribution >= 4 is 51.4 Å². The predicted molar refractivity (Wildman–Crippen MR) is 105 cm³/mol. The summed E-state index contributed by atoms with van der Waals surface area (Å²) in [6.07, 6.45) is 1.98. The number of nitrogens with one attached hydrogen (secondary N) is 2. The summed E-state index contributed by atoms with van der Waals surface area (Å²) in [7, 11) is 0. The molecule has 9 heteroatoms. The fourth-order valence-electron chi connectivity index (χ4n) is 2.51. The van der Waals surface area contributed by atoms with Crippen LogP contribution in [0.15, 0.2) is 22.5 Å². The molecular weight excluding hydrogens is 390 g/mol. The third-order valence-electron chi connectivity index (χ3n) is 4.27. The van der Waals surface area contributed by atoms with E-state index in [1.807, 2.05) is 25.1 Å². The third kappa shape index (κ3) is 4.47. The number of anilines is 2. The summed E-state index contributed by atoms with van der Waals surface area (Å²) in [6, 6.07) is 7.84. The van der Waals surface area contributed by atoms with Crippen LogP contribution >= 0.6 is 34.7 Å². The van der Waals surface area contributed by atoms with E-state index in [1.54, 1.807) is 6.92 Å². The molecule has 0 spiro atoms. The quantitative estimate of drug-likeness (QED) is 0.670. The Balaban J connectivity index is 1.54. The van der Waals surface area contributed by atoms with Crippen LogP contribution in [0.2, 0.25) is 5.02 Å². The molecule has 1 saturated carbocycles. The zero-order valence-corrected chi connectivity index (χ0v) is 16.8. The first-order valence-corrected chi connectivity index (χ1v) is 10.3. The highest BCUT2D eigenvalue weighted by Crippen LogP contribution is 2.39. The van der Waals surface area contributed by atoms with Crippen molar-refractivity contribution < 1.29 is 4.79 Å². The van der Waals surface area contributed by atoms with Crippen LogP contribution in [0.5, 0.6) is 0 Å². The fraction of sp³-hybridized carbons (Fsp3) is 0.412. The summed E-state index contributed by atoms with van der Waals surface area (Å²) < 4.78 is 0.687. The van der Waals surface area contributed by atoms with E-state index in [9.17, 15) is 10.1 Å². The van der Waals surface area contributed by atoms with Gasteiger partial charge in [0.2, 0.25) is 11.0 Å². The maximum Gasteiger partial charge on any atom is 0.231 e. The molecule has 1 atom stereocenters. The molecule has 0 saturated heterocycles. The average molecular weight is 408 g/mol. The van der Waals surface area contributed by atoms with Gasteiger partial charge in [0.1, 0.15) is 5.54 Å². The van der Waals surface area contributed by atoms with Gasteiger partial charge in [-0.05, 0) is 50.3 Å². The molecule has 1 aliphatic rings. The second-order valence-electron chi connectivity index (χ2n) is 6.34. The van der Waals surface area contributed by atoms with Gasteiger partial charge >= 0.3 is 0 Å². The van der Waals surface area contributed by atoms with E-state index in [2.05, 4.69) is 26.9 Å². The number of hydrogen-bond donors (Lipinski definition) is 2. The van der Waals surface area contributed by atoms with Crippen LogP contribution in [0.25, 0.3) is 0 Å². The summed E-state index contributed by atoms with van der Waals surface area (Å²) in [6.45, 7) is 3.71. The molecule has 3 rings (SSSR count). The molecule has 26 heavy (non-hydrogen) atoms. The van der Waals surface area contributed by atoms with E-state index in [4.69, 9.17) is 11.6 Å². The van der Waals surface area contributed by atoms with E-state index < -0.39 is 5.54 Å². The normalized spacial score (nSPS) is 15.8. The molecule has 1 unspecified atom stereocenters. The summed E-state index contributed by atoms with van der Waals surface area (Å²) in [5, 5.41) is 24.9. The van der Waals surface area contributed by atoms with Crippen LogP contribution < -0.4 is 10.6 Å². The fourth-order valence-corrected chi connectivity index (χ4v) is 4.25. The molecule has 1 fully saturated rings. The van der Waals surface area contributed by atoms with Crippen molar-refractivity contribution in [2.75, 3.05) is 11.1 Å². The first-order valence-electron chi connectivity index (χ1n) is 8.12. The first-order chi connectivity index (χ1) is 12.4. The highest BCUT2D eigenvalue weighted by atomic mass is 35.5. The van der Waals surface area contributed by atoms with Crippen LogP contribution in [-0.4, -0.2) is 27.4 Å². The number of nitrogens with zero attached hydrogens (tertiary/aromatic N) is 3. The third-order valence-corrected chi connectivity index (χ3v) is 6.65. The van der Waals surface area contributed by atoms with Gasteiger partial charge in [0, 0.05) is 10.7 Å². The van der Waals surface area contributed by atoms with E-state index in [0.717, 1.165) is 24.1 Å². The summed E-state index contributed by atoms with van der Waals surface area (Å²) >= 11 is 8.79. The number of halogens is 1. The second-order valence-corrected chi connectivity index (χ2v) is 8.94. The monoisotopic (exact) mass is 407 g/mol. The molecule has 2 aromatic rings. The number of rotatable bonds is 7. The number of nitriles is 1. The highest BCUT2D eigenvalue weighted by molar-refractivity contribution is 8.01. The van der Waals surface area contributed by atoms with E-state index >= 15 is 0 Å². The van der Waals surface area contributed by atoms with Gasteiger partial charge < -0.3 is 10.6 Å². The number of aromatic nitrogens is 2. The number of amides is 1. The topological polar surface area (TPSA) is 90.7 Å². The van der Waals surface area contributed by atoms with Gasteiger partial charge in [-0.2, -0.15) is 5.26 Å². The van der Waals surface area contributed by atoms with E-state index in [0.29, 0.717) is 14.5 Å². The van der Waals surface area contributed by atoms with Gasteiger partial charge in [0.25, 0.3) is 0 Å². The molecule has 1 amide bonds. The van der Waals surface area contributed by atoms with Gasteiger partial charge in [0.15, 0.2) is 4.34 Å². The van der Waals surface area contributed by atoms with Gasteiger partial charge in [0.05, 0.1) is 11.8 Å². The van der Waals surface area contributed by atoms with Crippen molar-refractivity contribution in [3.05, 3.63) is 28.8 Å². The van der Waals surface area contributed by atoms with Gasteiger partial charge in [-0.3, -0.25) is 4.79 Å². The van der Waals surface area contributed by atoms with Crippen molar-refractivity contribution in [3.63, 3.8) is 0 Å². The van der Waals surface area contributed by atoms with Crippen molar-refractivity contribution in [1.29, 1.82) is 5.26 Å². The lowest BCUT2D eigenvalue weighted by molar-refractivity contribution is -0.119. The van der Waals surface area contributed by atoms with E-state index in [1.165, 1.54) is 23.1 Å². The standard InChI is InChI=1S/C17H18ClN5OS2/c1-10-12(18)4-3-5-13(10)20-15-22-23-16(26-15)25-8-14(24)21-17(2,9-19)11-6-7-11/h3-5,11H,6-8H2,1-2H3,(H,20,22)(H,21,24). The maximum absolute atomic E-state index is 12.1. The Morgan fingerprint density at radius 3 is 2.96 bits per heavy atom. The van der Waals surface area contributed by atoms with Crippen LogP contribution in [0.4, 0.5) is 10.8 Å². The highest BCUT2D eigenvalue weighted by Gasteiger charge is 2.42. The average Bonchev–Trinajstić information content (AvgIpc) is 3.39. The van der Waals surface area contributed by atoms with Crippen molar-refractivity contribution in [2.45, 2.75) is 36.6 Å². The summed E-state index contributed by atoms with van der Waals surface area (Å²) in [5.74, 6) is 0.301. The second kappa shape index (κ2) is 7.82. The molecule has 1 aliphatic carbocycles. The minimum atomic E-state index is -0.768. The Kier molecular flexibility index (Phi) is 5.70. The summed E-state index contributed by atoms with van der Waals surface area (Å²) in [4.78, 5) is 12.1. The molecular formula is C17H18ClN5OS2. The Bertz CT molecular complexity index is 861. The molecule has 6 nitrogen and oxygen atoms in total. The molecule has 1 heterocycles. The molecule has 0 bridgehead atoms. The van der Waals surface area contributed by atoms with Gasteiger partial charge in [-0.15, -0.1) is 10.2 Å². The number of carbonyl (C=O) groups excluding carboxylic acids is 1. The molecule has 136 valence electrons. The van der Waals surface area contributed by atoms with Crippen molar-refractivity contribution in [1.82, 2.24) is 15.5 Å². The smallest absolute Gasteiger partial charge is 0.231 e. The lowest BCUT2D eigenvalue weighted by Crippen LogP contribution is -2.47. The molecule has 1 aromatic heterocycles. The number of carbonyl (C=O) groups is 1. The molecule has 2 N–H and O–H groups in total. The number of hydrogen-bond acceptors (Lipinski definition) is 7. The summed E-state index contributed by atoms with van der Waals surface area (Å²) in [5.41, 5.74) is 1.04.